The molecule has 124 valence electrons. The first kappa shape index (κ1) is 17.0. The van der Waals surface area contributed by atoms with Gasteiger partial charge in [0.25, 0.3) is 0 Å². The first-order valence-corrected chi connectivity index (χ1v) is 7.27. The molecule has 2 rings (SSSR count). The number of rotatable bonds is 5. The molecular formula is C16H19NO6. The van der Waals surface area contributed by atoms with Gasteiger partial charge in [0.1, 0.15) is 0 Å². The van der Waals surface area contributed by atoms with E-state index in [4.69, 9.17) is 4.74 Å². The molecular weight excluding hydrogens is 302 g/mol. The van der Waals surface area contributed by atoms with Crippen LogP contribution >= 0.6 is 0 Å². The zero-order valence-corrected chi connectivity index (χ0v) is 13.1. The number of ether oxygens (including phenoxy) is 3. The molecule has 0 bridgehead atoms. The second-order valence-electron chi connectivity index (χ2n) is 5.13. The minimum absolute atomic E-state index is 0.111. The molecule has 0 radical (unpaired) electrons. The normalized spacial score (nSPS) is 16.7. The fraction of sp³-hybridized carbons (Fsp3) is 0.438. The fourth-order valence-corrected chi connectivity index (χ4v) is 2.39. The number of methoxy groups -OCH3 is 2. The smallest absolute Gasteiger partial charge is 0.339 e. The average molecular weight is 321 g/mol. The lowest BCUT2D eigenvalue weighted by Crippen LogP contribution is -2.21. The molecule has 1 aromatic carbocycles. The molecule has 7 heteroatoms. The van der Waals surface area contributed by atoms with Crippen molar-refractivity contribution >= 4 is 23.5 Å². The van der Waals surface area contributed by atoms with E-state index >= 15 is 0 Å². The van der Waals surface area contributed by atoms with E-state index in [-0.39, 0.29) is 35.2 Å². The molecule has 0 spiro atoms. The summed E-state index contributed by atoms with van der Waals surface area (Å²) in [5, 5.41) is 2.64. The van der Waals surface area contributed by atoms with E-state index in [0.717, 1.165) is 12.8 Å². The van der Waals surface area contributed by atoms with Crippen LogP contribution in [0, 0.1) is 0 Å². The lowest BCUT2D eigenvalue weighted by Gasteiger charge is -2.13. The van der Waals surface area contributed by atoms with Crippen LogP contribution in [0.3, 0.4) is 0 Å². The molecule has 1 amide bonds. The third-order valence-corrected chi connectivity index (χ3v) is 3.56. The Kier molecular flexibility index (Phi) is 5.70. The zero-order chi connectivity index (χ0) is 16.8. The lowest BCUT2D eigenvalue weighted by molar-refractivity contribution is -0.118. The number of benzene rings is 1. The van der Waals surface area contributed by atoms with Crippen LogP contribution in [-0.2, 0) is 19.0 Å². The molecule has 1 atom stereocenters. The van der Waals surface area contributed by atoms with Gasteiger partial charge in [0.2, 0.25) is 5.91 Å². The highest BCUT2D eigenvalue weighted by molar-refractivity contribution is 6.03. The first-order chi connectivity index (χ1) is 11.0. The molecule has 1 unspecified atom stereocenters. The topological polar surface area (TPSA) is 90.9 Å². The Balaban J connectivity index is 2.19. The number of amides is 1. The summed E-state index contributed by atoms with van der Waals surface area (Å²) in [5.41, 5.74) is 0.608. The van der Waals surface area contributed by atoms with E-state index in [1.54, 1.807) is 0 Å². The molecule has 7 nitrogen and oxygen atoms in total. The fourth-order valence-electron chi connectivity index (χ4n) is 2.39. The Morgan fingerprint density at radius 2 is 1.96 bits per heavy atom. The number of esters is 2. The number of hydrogen-bond donors (Lipinski definition) is 1. The van der Waals surface area contributed by atoms with Crippen molar-refractivity contribution in [2.45, 2.75) is 25.4 Å². The minimum Gasteiger partial charge on any atom is -0.465 e. The van der Waals surface area contributed by atoms with Gasteiger partial charge in [0.15, 0.2) is 0 Å². The third kappa shape index (κ3) is 4.29. The van der Waals surface area contributed by atoms with Crippen molar-refractivity contribution in [3.8, 4) is 0 Å². The van der Waals surface area contributed by atoms with E-state index in [9.17, 15) is 14.4 Å². The van der Waals surface area contributed by atoms with Crippen LogP contribution in [0.1, 0.15) is 40.0 Å². The predicted octanol–water partition coefficient (Wildman–Crippen LogP) is 1.77. The molecule has 0 aliphatic carbocycles. The van der Waals surface area contributed by atoms with Crippen molar-refractivity contribution in [3.63, 3.8) is 0 Å². The molecule has 1 fully saturated rings. The van der Waals surface area contributed by atoms with Gasteiger partial charge < -0.3 is 19.5 Å². The van der Waals surface area contributed by atoms with E-state index in [2.05, 4.69) is 14.8 Å². The maximum atomic E-state index is 12.1. The van der Waals surface area contributed by atoms with Gasteiger partial charge in [-0.1, -0.05) is 0 Å². The van der Waals surface area contributed by atoms with Crippen LogP contribution in [0.25, 0.3) is 0 Å². The van der Waals surface area contributed by atoms with Crippen LogP contribution in [0.15, 0.2) is 18.2 Å². The monoisotopic (exact) mass is 321 g/mol. The number of carbonyl (C=O) groups excluding carboxylic acids is 3. The quantitative estimate of drug-likeness (QED) is 0.831. The zero-order valence-electron chi connectivity index (χ0n) is 13.1. The molecule has 1 aliphatic rings. The summed E-state index contributed by atoms with van der Waals surface area (Å²) in [4.78, 5) is 35.5. The largest absolute Gasteiger partial charge is 0.465 e. The molecule has 1 aliphatic heterocycles. The summed E-state index contributed by atoms with van der Waals surface area (Å²) in [6.07, 6.45) is 1.85. The van der Waals surface area contributed by atoms with Crippen LogP contribution in [-0.4, -0.2) is 44.8 Å². The van der Waals surface area contributed by atoms with Crippen molar-refractivity contribution in [2.24, 2.45) is 0 Å². The predicted molar refractivity (Wildman–Crippen MR) is 81.3 cm³/mol. The highest BCUT2D eigenvalue weighted by Gasteiger charge is 2.21. The van der Waals surface area contributed by atoms with Gasteiger partial charge in [0.05, 0.1) is 43.6 Å². The van der Waals surface area contributed by atoms with Crippen LogP contribution < -0.4 is 5.32 Å². The van der Waals surface area contributed by atoms with Crippen LogP contribution in [0.4, 0.5) is 5.69 Å². The molecule has 23 heavy (non-hydrogen) atoms. The van der Waals surface area contributed by atoms with Crippen molar-refractivity contribution < 1.29 is 28.6 Å². The number of hydrogen-bond acceptors (Lipinski definition) is 6. The van der Waals surface area contributed by atoms with E-state index in [1.807, 2.05) is 0 Å². The van der Waals surface area contributed by atoms with Gasteiger partial charge in [0, 0.05) is 6.61 Å². The Labute approximate surface area is 133 Å². The summed E-state index contributed by atoms with van der Waals surface area (Å²) < 4.78 is 14.7. The van der Waals surface area contributed by atoms with Gasteiger partial charge in [-0.05, 0) is 31.0 Å². The van der Waals surface area contributed by atoms with Gasteiger partial charge in [-0.25, -0.2) is 9.59 Å². The SMILES string of the molecule is COC(=O)c1ccc(C(=O)OC)c(NC(=O)CC2CCCO2)c1. The van der Waals surface area contributed by atoms with Crippen molar-refractivity contribution in [2.75, 3.05) is 26.1 Å². The third-order valence-electron chi connectivity index (χ3n) is 3.56. The number of carbonyl (C=O) groups is 3. The highest BCUT2D eigenvalue weighted by atomic mass is 16.5. The van der Waals surface area contributed by atoms with Gasteiger partial charge in [-0.15, -0.1) is 0 Å². The summed E-state index contributed by atoms with van der Waals surface area (Å²) in [5.74, 6) is -1.45. The molecule has 0 saturated carbocycles. The second-order valence-corrected chi connectivity index (χ2v) is 5.13. The molecule has 0 aromatic heterocycles. The molecule has 1 heterocycles. The van der Waals surface area contributed by atoms with Gasteiger partial charge in [-0.2, -0.15) is 0 Å². The van der Waals surface area contributed by atoms with Gasteiger partial charge in [-0.3, -0.25) is 4.79 Å². The van der Waals surface area contributed by atoms with E-state index in [0.29, 0.717) is 6.61 Å². The first-order valence-electron chi connectivity index (χ1n) is 7.27. The van der Waals surface area contributed by atoms with Crippen LogP contribution in [0.2, 0.25) is 0 Å². The number of anilines is 1. The van der Waals surface area contributed by atoms with E-state index < -0.39 is 11.9 Å². The number of nitrogens with one attached hydrogen (secondary N) is 1. The van der Waals surface area contributed by atoms with Gasteiger partial charge >= 0.3 is 11.9 Å². The second kappa shape index (κ2) is 7.73. The summed E-state index contributed by atoms with van der Waals surface area (Å²) in [6.45, 7) is 0.656. The lowest BCUT2D eigenvalue weighted by atomic mass is 10.1. The van der Waals surface area contributed by atoms with Crippen molar-refractivity contribution in [1.82, 2.24) is 0 Å². The molecule has 1 saturated heterocycles. The standard InChI is InChI=1S/C16H19NO6/c1-21-15(19)10-5-6-12(16(20)22-2)13(8-10)17-14(18)9-11-4-3-7-23-11/h5-6,8,11H,3-4,7,9H2,1-2H3,(H,17,18). The maximum absolute atomic E-state index is 12.1. The maximum Gasteiger partial charge on any atom is 0.339 e. The summed E-state index contributed by atoms with van der Waals surface area (Å²) >= 11 is 0. The Morgan fingerprint density at radius 1 is 1.22 bits per heavy atom. The molecule has 1 aromatic rings. The summed E-state index contributed by atoms with van der Waals surface area (Å²) in [7, 11) is 2.50. The Hall–Kier alpha value is -2.41. The molecule has 1 N–H and O–H groups in total. The highest BCUT2D eigenvalue weighted by Crippen LogP contribution is 2.21. The Morgan fingerprint density at radius 3 is 2.57 bits per heavy atom. The van der Waals surface area contributed by atoms with Crippen molar-refractivity contribution in [1.29, 1.82) is 0 Å². The minimum atomic E-state index is -0.603. The summed E-state index contributed by atoms with van der Waals surface area (Å²) in [6, 6.07) is 4.25. The Bertz CT molecular complexity index is 607. The average Bonchev–Trinajstić information content (AvgIpc) is 3.06. The van der Waals surface area contributed by atoms with Crippen LogP contribution in [0.5, 0.6) is 0 Å². The van der Waals surface area contributed by atoms with E-state index in [1.165, 1.54) is 32.4 Å². The van der Waals surface area contributed by atoms with Crippen molar-refractivity contribution in [3.05, 3.63) is 29.3 Å².